The number of phenolic OH excluding ortho intramolecular Hbond substituents is 2. The summed E-state index contributed by atoms with van der Waals surface area (Å²) in [7, 11) is 1.39. The molecule has 2 aliphatic carbocycles. The Morgan fingerprint density at radius 3 is 2.34 bits per heavy atom. The van der Waals surface area contributed by atoms with Gasteiger partial charge in [0.15, 0.2) is 5.78 Å². The molecule has 0 radical (unpaired) electrons. The van der Waals surface area contributed by atoms with Crippen molar-refractivity contribution in [3.05, 3.63) is 51.6 Å². The Morgan fingerprint density at radius 2 is 1.63 bits per heavy atom. The summed E-state index contributed by atoms with van der Waals surface area (Å²) in [6, 6.07) is 4.62. The molecular formula is C29H34N4O8. The van der Waals surface area contributed by atoms with E-state index in [0.717, 1.165) is 0 Å². The van der Waals surface area contributed by atoms with Gasteiger partial charge in [-0.15, -0.1) is 0 Å². The molecular weight excluding hydrogens is 532 g/mol. The molecule has 1 atom stereocenters. The molecule has 0 fully saturated rings. The Morgan fingerprint density at radius 1 is 0.951 bits per heavy atom. The summed E-state index contributed by atoms with van der Waals surface area (Å²) in [6.07, 6.45) is 2.68. The van der Waals surface area contributed by atoms with Crippen molar-refractivity contribution >= 4 is 29.8 Å². The lowest BCUT2D eigenvalue weighted by atomic mass is 9.75. The summed E-state index contributed by atoms with van der Waals surface area (Å²) in [5, 5.41) is 33.3. The second-order valence-corrected chi connectivity index (χ2v) is 9.98. The number of benzene rings is 2. The van der Waals surface area contributed by atoms with Crippen LogP contribution in [0.4, 0.5) is 0 Å². The van der Waals surface area contributed by atoms with Crippen LogP contribution in [0.25, 0.3) is 0 Å². The van der Waals surface area contributed by atoms with Crippen LogP contribution < -0.4 is 26.0 Å². The fourth-order valence-corrected chi connectivity index (χ4v) is 5.36. The zero-order valence-electron chi connectivity index (χ0n) is 22.8. The van der Waals surface area contributed by atoms with Crippen LogP contribution in [0.5, 0.6) is 17.2 Å². The number of carbonyl (C=O) groups excluding carboxylic acids is 5. The quantitative estimate of drug-likeness (QED) is 0.0965. The summed E-state index contributed by atoms with van der Waals surface area (Å²) in [4.78, 5) is 61.1. The van der Waals surface area contributed by atoms with Gasteiger partial charge in [-0.2, -0.15) is 0 Å². The van der Waals surface area contributed by atoms with Crippen LogP contribution in [0.15, 0.2) is 18.2 Å². The van der Waals surface area contributed by atoms with Crippen molar-refractivity contribution in [2.45, 2.75) is 32.1 Å². The maximum absolute atomic E-state index is 13.4. The average Bonchev–Trinajstić information content (AvgIpc) is 2.98. The van der Waals surface area contributed by atoms with E-state index in [-0.39, 0.29) is 70.7 Å². The number of ether oxygens (including phenoxy) is 1. The van der Waals surface area contributed by atoms with E-state index in [1.807, 2.05) is 0 Å². The molecule has 2 aromatic rings. The number of nitrogens with one attached hydrogen (secondary N) is 4. The predicted molar refractivity (Wildman–Crippen MR) is 147 cm³/mol. The van der Waals surface area contributed by atoms with E-state index in [1.165, 1.54) is 13.2 Å². The van der Waals surface area contributed by atoms with Gasteiger partial charge in [0.1, 0.15) is 17.2 Å². The van der Waals surface area contributed by atoms with Crippen LogP contribution in [0, 0.1) is 5.92 Å². The molecule has 2 aromatic carbocycles. The third kappa shape index (κ3) is 6.17. The summed E-state index contributed by atoms with van der Waals surface area (Å²) >= 11 is 0. The van der Waals surface area contributed by atoms with Crippen LogP contribution in [0.2, 0.25) is 0 Å². The molecule has 0 saturated heterocycles. The lowest BCUT2D eigenvalue weighted by Gasteiger charge is -2.29. The number of rotatable bonds is 13. The third-order valence-electron chi connectivity index (χ3n) is 7.42. The maximum Gasteiger partial charge on any atom is 0.239 e. The highest BCUT2D eigenvalue weighted by Crippen LogP contribution is 2.47. The van der Waals surface area contributed by atoms with Crippen molar-refractivity contribution in [3.8, 4) is 17.2 Å². The van der Waals surface area contributed by atoms with Gasteiger partial charge < -0.3 is 36.2 Å². The smallest absolute Gasteiger partial charge is 0.239 e. The number of hydrogen-bond acceptors (Lipinski definition) is 9. The van der Waals surface area contributed by atoms with Crippen molar-refractivity contribution in [1.29, 1.82) is 0 Å². The van der Waals surface area contributed by atoms with Crippen LogP contribution in [-0.4, -0.2) is 79.8 Å². The van der Waals surface area contributed by atoms with Crippen molar-refractivity contribution in [2.75, 3.05) is 39.8 Å². The van der Waals surface area contributed by atoms with Gasteiger partial charge in [-0.25, -0.2) is 0 Å². The lowest BCUT2D eigenvalue weighted by Crippen LogP contribution is -2.36. The molecule has 0 saturated carbocycles. The average molecular weight is 567 g/mol. The largest absolute Gasteiger partial charge is 0.507 e. The Hall–Kier alpha value is -4.45. The number of aromatic hydroxyl groups is 2. The standard InChI is InChI=1S/C29H34N4O8/c1-41-20-6-2-5-18-22(20)28(39)24-23(26(18)37)27(38)19-13-16(7-8-17(19)25(24)36)29(40)33-12-4-10-30-9-3-11-32-21(35)14-31-15-34/h2,5-6,15-16,30,36,38H,3-4,7-14H2,1H3,(H,31,34)(H,32,35)(H,33,40). The third-order valence-corrected chi connectivity index (χ3v) is 7.42. The molecule has 0 spiro atoms. The highest BCUT2D eigenvalue weighted by molar-refractivity contribution is 6.31. The molecule has 0 bridgehead atoms. The van der Waals surface area contributed by atoms with Gasteiger partial charge in [0.25, 0.3) is 0 Å². The number of phenols is 2. The molecule has 12 nitrogen and oxygen atoms in total. The van der Waals surface area contributed by atoms with E-state index in [4.69, 9.17) is 4.74 Å². The summed E-state index contributed by atoms with van der Waals surface area (Å²) in [5.41, 5.74) is 0.375. The Balaban J connectivity index is 1.31. The molecule has 6 N–H and O–H groups in total. The van der Waals surface area contributed by atoms with Gasteiger partial charge in [-0.3, -0.25) is 24.0 Å². The topological polar surface area (TPSA) is 183 Å². The highest BCUT2D eigenvalue weighted by atomic mass is 16.5. The first-order valence-corrected chi connectivity index (χ1v) is 13.6. The van der Waals surface area contributed by atoms with Crippen molar-refractivity contribution in [2.24, 2.45) is 5.92 Å². The lowest BCUT2D eigenvalue weighted by molar-refractivity contribution is -0.125. The van der Waals surface area contributed by atoms with Gasteiger partial charge in [0.2, 0.25) is 24.0 Å². The number of fused-ring (bicyclic) bond motifs is 3. The Labute approximate surface area is 236 Å². The van der Waals surface area contributed by atoms with E-state index in [9.17, 15) is 34.2 Å². The summed E-state index contributed by atoms with van der Waals surface area (Å²) in [5.74, 6) is -2.55. The van der Waals surface area contributed by atoms with Crippen molar-refractivity contribution in [1.82, 2.24) is 21.3 Å². The van der Waals surface area contributed by atoms with Gasteiger partial charge >= 0.3 is 0 Å². The van der Waals surface area contributed by atoms with Gasteiger partial charge in [-0.1, -0.05) is 12.1 Å². The summed E-state index contributed by atoms with van der Waals surface area (Å²) in [6.45, 7) is 2.22. The van der Waals surface area contributed by atoms with E-state index in [1.54, 1.807) is 12.1 Å². The maximum atomic E-state index is 13.4. The molecule has 41 heavy (non-hydrogen) atoms. The molecule has 4 rings (SSSR count). The first-order chi connectivity index (χ1) is 19.8. The second-order valence-electron chi connectivity index (χ2n) is 9.98. The van der Waals surface area contributed by atoms with Gasteiger partial charge in [0.05, 0.1) is 30.3 Å². The van der Waals surface area contributed by atoms with Crippen LogP contribution >= 0.6 is 0 Å². The molecule has 0 aromatic heterocycles. The van der Waals surface area contributed by atoms with Crippen molar-refractivity contribution < 1.29 is 38.9 Å². The molecule has 0 heterocycles. The van der Waals surface area contributed by atoms with Crippen LogP contribution in [0.1, 0.15) is 62.2 Å². The first kappa shape index (κ1) is 29.5. The van der Waals surface area contributed by atoms with E-state index >= 15 is 0 Å². The first-order valence-electron chi connectivity index (χ1n) is 13.6. The minimum atomic E-state index is -0.590. The Bertz CT molecular complexity index is 1370. The highest BCUT2D eigenvalue weighted by Gasteiger charge is 2.41. The normalized spacial score (nSPS) is 15.3. The van der Waals surface area contributed by atoms with E-state index in [2.05, 4.69) is 21.3 Å². The minimum Gasteiger partial charge on any atom is -0.507 e. The predicted octanol–water partition coefficient (Wildman–Crippen LogP) is 0.335. The molecule has 0 aliphatic heterocycles. The number of amides is 3. The van der Waals surface area contributed by atoms with Gasteiger partial charge in [-0.05, 0) is 51.3 Å². The zero-order chi connectivity index (χ0) is 29.5. The number of methoxy groups -OCH3 is 1. The molecule has 218 valence electrons. The molecule has 1 unspecified atom stereocenters. The van der Waals surface area contributed by atoms with Crippen LogP contribution in [0.3, 0.4) is 0 Å². The van der Waals surface area contributed by atoms with Crippen molar-refractivity contribution in [3.63, 3.8) is 0 Å². The molecule has 2 aliphatic rings. The minimum absolute atomic E-state index is 0.0475. The van der Waals surface area contributed by atoms with Gasteiger partial charge in [0, 0.05) is 35.7 Å². The SMILES string of the molecule is COc1cccc2c1C(=O)c1c(O)c3c(c(O)c1C2=O)CC(C(=O)NCCCNCCCNC(=O)CNC=O)CC3. The zero-order valence-corrected chi connectivity index (χ0v) is 22.8. The second kappa shape index (κ2) is 13.3. The molecule has 12 heteroatoms. The fourth-order valence-electron chi connectivity index (χ4n) is 5.36. The molecule has 3 amide bonds. The Kier molecular flexibility index (Phi) is 9.56. The van der Waals surface area contributed by atoms with Crippen LogP contribution in [-0.2, 0) is 27.2 Å². The number of ketones is 2. The number of carbonyl (C=O) groups is 5. The fraction of sp³-hybridized carbons (Fsp3) is 0.414. The monoisotopic (exact) mass is 566 g/mol. The van der Waals surface area contributed by atoms with E-state index in [0.29, 0.717) is 63.0 Å². The summed E-state index contributed by atoms with van der Waals surface area (Å²) < 4.78 is 5.27. The van der Waals surface area contributed by atoms with E-state index < -0.39 is 17.5 Å². The number of hydrogen-bond donors (Lipinski definition) is 6.